The number of carboxylic acid groups (broad SMARTS) is 1. The minimum absolute atomic E-state index is 0.0496. The third-order valence-electron chi connectivity index (χ3n) is 2.88. The van der Waals surface area contributed by atoms with Crippen LogP contribution in [0.15, 0.2) is 30.3 Å². The molecular formula is C14H14N2O4. The van der Waals surface area contributed by atoms with Crippen LogP contribution in [0.25, 0.3) is 6.08 Å². The summed E-state index contributed by atoms with van der Waals surface area (Å²) in [5, 5.41) is 11.2. The standard InChI is InChI=1S/C14H14N2O4/c17-12-9-16(7-6-15-12)14(20)11-3-1-2-10(8-11)4-5-13(18)19/h1-5,8H,6-7,9H2,(H,15,17)(H,18,19). The Labute approximate surface area is 115 Å². The second kappa shape index (κ2) is 6.01. The Morgan fingerprint density at radius 2 is 2.15 bits per heavy atom. The Morgan fingerprint density at radius 1 is 1.35 bits per heavy atom. The molecular weight excluding hydrogens is 260 g/mol. The highest BCUT2D eigenvalue weighted by atomic mass is 16.4. The van der Waals surface area contributed by atoms with Crippen LogP contribution in [0.1, 0.15) is 15.9 Å². The number of nitrogens with zero attached hydrogens (tertiary/aromatic N) is 1. The Hall–Kier alpha value is -2.63. The molecule has 0 spiro atoms. The highest BCUT2D eigenvalue weighted by molar-refractivity contribution is 5.97. The number of nitrogens with one attached hydrogen (secondary N) is 1. The highest BCUT2D eigenvalue weighted by Crippen LogP contribution is 2.11. The first kappa shape index (κ1) is 13.8. The number of piperazine rings is 1. The zero-order valence-corrected chi connectivity index (χ0v) is 10.7. The van der Waals surface area contributed by atoms with Gasteiger partial charge in [0.25, 0.3) is 5.91 Å². The number of carbonyl (C=O) groups is 3. The van der Waals surface area contributed by atoms with E-state index in [2.05, 4.69) is 5.32 Å². The molecule has 20 heavy (non-hydrogen) atoms. The van der Waals surface area contributed by atoms with Crippen molar-refractivity contribution in [3.63, 3.8) is 0 Å². The van der Waals surface area contributed by atoms with Gasteiger partial charge in [0.2, 0.25) is 5.91 Å². The minimum Gasteiger partial charge on any atom is -0.478 e. The first-order chi connectivity index (χ1) is 9.56. The van der Waals surface area contributed by atoms with Crippen LogP contribution in [-0.4, -0.2) is 47.4 Å². The minimum atomic E-state index is -1.05. The van der Waals surface area contributed by atoms with Gasteiger partial charge in [-0.15, -0.1) is 0 Å². The molecule has 0 aliphatic carbocycles. The second-order valence-corrected chi connectivity index (χ2v) is 4.37. The molecule has 1 fully saturated rings. The molecule has 0 radical (unpaired) electrons. The summed E-state index contributed by atoms with van der Waals surface area (Å²) in [6.07, 6.45) is 2.43. The van der Waals surface area contributed by atoms with E-state index in [9.17, 15) is 14.4 Å². The normalized spacial score (nSPS) is 15.2. The summed E-state index contributed by atoms with van der Waals surface area (Å²) in [5.74, 6) is -1.45. The summed E-state index contributed by atoms with van der Waals surface area (Å²) in [6.45, 7) is 0.969. The van der Waals surface area contributed by atoms with Crippen molar-refractivity contribution in [1.29, 1.82) is 0 Å². The molecule has 104 valence electrons. The zero-order chi connectivity index (χ0) is 14.5. The molecule has 0 unspecified atom stereocenters. The molecule has 2 N–H and O–H groups in total. The molecule has 6 heteroatoms. The van der Waals surface area contributed by atoms with Gasteiger partial charge < -0.3 is 15.3 Å². The smallest absolute Gasteiger partial charge is 0.328 e. The van der Waals surface area contributed by atoms with Gasteiger partial charge in [-0.3, -0.25) is 9.59 Å². The lowest BCUT2D eigenvalue weighted by Crippen LogP contribution is -2.49. The molecule has 1 saturated heterocycles. The van der Waals surface area contributed by atoms with Crippen molar-refractivity contribution in [2.45, 2.75) is 0 Å². The summed E-state index contributed by atoms with van der Waals surface area (Å²) in [4.78, 5) is 35.5. The van der Waals surface area contributed by atoms with E-state index >= 15 is 0 Å². The van der Waals surface area contributed by atoms with Crippen LogP contribution in [-0.2, 0) is 9.59 Å². The topological polar surface area (TPSA) is 86.7 Å². The number of hydrogen-bond acceptors (Lipinski definition) is 3. The lowest BCUT2D eigenvalue weighted by molar-refractivity contribution is -0.131. The van der Waals surface area contributed by atoms with Crippen molar-refractivity contribution >= 4 is 23.9 Å². The number of rotatable bonds is 3. The Kier molecular flexibility index (Phi) is 4.14. The fourth-order valence-corrected chi connectivity index (χ4v) is 1.94. The second-order valence-electron chi connectivity index (χ2n) is 4.37. The Morgan fingerprint density at radius 3 is 2.85 bits per heavy atom. The molecule has 2 rings (SSSR count). The van der Waals surface area contributed by atoms with Crippen LogP contribution in [0.2, 0.25) is 0 Å². The Balaban J connectivity index is 2.15. The predicted octanol–water partition coefficient (Wildman–Crippen LogP) is 0.356. The van der Waals surface area contributed by atoms with Gasteiger partial charge in [-0.05, 0) is 23.8 Å². The van der Waals surface area contributed by atoms with Crippen molar-refractivity contribution in [2.75, 3.05) is 19.6 Å². The van der Waals surface area contributed by atoms with Crippen LogP contribution in [0, 0.1) is 0 Å². The number of carbonyl (C=O) groups excluding carboxylic acids is 2. The molecule has 6 nitrogen and oxygen atoms in total. The molecule has 1 aliphatic heterocycles. The van der Waals surface area contributed by atoms with E-state index in [0.717, 1.165) is 6.08 Å². The predicted molar refractivity (Wildman–Crippen MR) is 72.0 cm³/mol. The average Bonchev–Trinajstić information content (AvgIpc) is 2.44. The highest BCUT2D eigenvalue weighted by Gasteiger charge is 2.22. The first-order valence-corrected chi connectivity index (χ1v) is 6.13. The average molecular weight is 274 g/mol. The third kappa shape index (κ3) is 3.44. The van der Waals surface area contributed by atoms with Crippen molar-refractivity contribution in [3.05, 3.63) is 41.5 Å². The number of hydrogen-bond donors (Lipinski definition) is 2. The van der Waals surface area contributed by atoms with Crippen LogP contribution in [0.3, 0.4) is 0 Å². The number of aliphatic carboxylic acids is 1. The maximum atomic E-state index is 12.2. The van der Waals surface area contributed by atoms with E-state index in [1.54, 1.807) is 24.3 Å². The largest absolute Gasteiger partial charge is 0.478 e. The van der Waals surface area contributed by atoms with E-state index in [0.29, 0.717) is 24.2 Å². The summed E-state index contributed by atoms with van der Waals surface area (Å²) < 4.78 is 0. The molecule has 1 aromatic carbocycles. The zero-order valence-electron chi connectivity index (χ0n) is 10.7. The van der Waals surface area contributed by atoms with Gasteiger partial charge in [0.15, 0.2) is 0 Å². The lowest BCUT2D eigenvalue weighted by atomic mass is 10.1. The molecule has 0 bridgehead atoms. The molecule has 1 heterocycles. The van der Waals surface area contributed by atoms with Crippen molar-refractivity contribution in [1.82, 2.24) is 10.2 Å². The fourth-order valence-electron chi connectivity index (χ4n) is 1.94. The molecule has 1 aliphatic rings. The molecule has 2 amide bonds. The van der Waals surface area contributed by atoms with Crippen LogP contribution < -0.4 is 5.32 Å². The van der Waals surface area contributed by atoms with E-state index in [1.807, 2.05) is 0 Å². The van der Waals surface area contributed by atoms with Gasteiger partial charge >= 0.3 is 5.97 Å². The summed E-state index contributed by atoms with van der Waals surface area (Å²) in [6, 6.07) is 6.64. The fraction of sp³-hybridized carbons (Fsp3) is 0.214. The Bertz CT molecular complexity index is 580. The third-order valence-corrected chi connectivity index (χ3v) is 2.88. The van der Waals surface area contributed by atoms with Crippen molar-refractivity contribution < 1.29 is 19.5 Å². The number of benzene rings is 1. The van der Waals surface area contributed by atoms with Crippen LogP contribution >= 0.6 is 0 Å². The maximum Gasteiger partial charge on any atom is 0.328 e. The lowest BCUT2D eigenvalue weighted by Gasteiger charge is -2.26. The van der Waals surface area contributed by atoms with E-state index in [4.69, 9.17) is 5.11 Å². The first-order valence-electron chi connectivity index (χ1n) is 6.13. The van der Waals surface area contributed by atoms with Crippen LogP contribution in [0.4, 0.5) is 0 Å². The molecule has 0 saturated carbocycles. The number of carboxylic acids is 1. The van der Waals surface area contributed by atoms with Crippen molar-refractivity contribution in [3.8, 4) is 0 Å². The van der Waals surface area contributed by atoms with Gasteiger partial charge in [0, 0.05) is 24.7 Å². The maximum absolute atomic E-state index is 12.2. The quantitative estimate of drug-likeness (QED) is 0.779. The number of amides is 2. The van der Waals surface area contributed by atoms with Gasteiger partial charge in [-0.2, -0.15) is 0 Å². The van der Waals surface area contributed by atoms with Gasteiger partial charge in [0.1, 0.15) is 0 Å². The summed E-state index contributed by atoms with van der Waals surface area (Å²) in [7, 11) is 0. The van der Waals surface area contributed by atoms with Gasteiger partial charge in [0.05, 0.1) is 6.54 Å². The van der Waals surface area contributed by atoms with Gasteiger partial charge in [-0.1, -0.05) is 12.1 Å². The SMILES string of the molecule is O=C(O)C=Cc1cccc(C(=O)N2CCNC(=O)C2)c1. The molecule has 0 aromatic heterocycles. The van der Waals surface area contributed by atoms with Crippen LogP contribution in [0.5, 0.6) is 0 Å². The molecule has 1 aromatic rings. The summed E-state index contributed by atoms with van der Waals surface area (Å²) >= 11 is 0. The van der Waals surface area contributed by atoms with Crippen molar-refractivity contribution in [2.24, 2.45) is 0 Å². The van der Waals surface area contributed by atoms with Gasteiger partial charge in [-0.25, -0.2) is 4.79 Å². The summed E-state index contributed by atoms with van der Waals surface area (Å²) in [5.41, 5.74) is 1.06. The monoisotopic (exact) mass is 274 g/mol. The van der Waals surface area contributed by atoms with E-state index < -0.39 is 5.97 Å². The molecule has 0 atom stereocenters. The van der Waals surface area contributed by atoms with E-state index in [-0.39, 0.29) is 18.4 Å². The van der Waals surface area contributed by atoms with E-state index in [1.165, 1.54) is 11.0 Å².